The molecule has 0 radical (unpaired) electrons. The van der Waals surface area contributed by atoms with Crippen molar-refractivity contribution in [3.63, 3.8) is 0 Å². The summed E-state index contributed by atoms with van der Waals surface area (Å²) in [5, 5.41) is 3.89. The van der Waals surface area contributed by atoms with Gasteiger partial charge in [-0.1, -0.05) is 5.16 Å². The van der Waals surface area contributed by atoms with E-state index < -0.39 is 0 Å². The van der Waals surface area contributed by atoms with E-state index in [1.54, 1.807) is 23.8 Å². The minimum Gasteiger partial charge on any atom is -0.361 e. The predicted octanol–water partition coefficient (Wildman–Crippen LogP) is 1.09. The first-order valence-electron chi connectivity index (χ1n) is 6.87. The Kier molecular flexibility index (Phi) is 4.11. The monoisotopic (exact) mass is 279 g/mol. The van der Waals surface area contributed by atoms with Crippen LogP contribution in [-0.2, 0) is 9.59 Å². The van der Waals surface area contributed by atoms with Gasteiger partial charge in [-0.05, 0) is 27.2 Å². The largest absolute Gasteiger partial charge is 0.361 e. The molecule has 1 aromatic heterocycles. The van der Waals surface area contributed by atoms with Crippen LogP contribution in [0.25, 0.3) is 0 Å². The number of carbonyl (C=O) groups is 2. The lowest BCUT2D eigenvalue weighted by Crippen LogP contribution is -2.40. The fraction of sp³-hybridized carbons (Fsp3) is 0.643. The van der Waals surface area contributed by atoms with Crippen LogP contribution in [0.3, 0.4) is 0 Å². The summed E-state index contributed by atoms with van der Waals surface area (Å²) in [4.78, 5) is 27.8. The summed E-state index contributed by atoms with van der Waals surface area (Å²) in [7, 11) is 1.77. The molecule has 0 saturated carbocycles. The number of carbonyl (C=O) groups excluding carboxylic acids is 2. The van der Waals surface area contributed by atoms with Gasteiger partial charge in [0.15, 0.2) is 0 Å². The molecule has 1 aromatic rings. The molecule has 1 fully saturated rings. The third-order valence-electron chi connectivity index (χ3n) is 3.88. The molecular formula is C14H21N3O3. The smallest absolute Gasteiger partial charge is 0.241 e. The van der Waals surface area contributed by atoms with E-state index in [0.717, 1.165) is 17.7 Å². The number of amides is 2. The maximum absolute atomic E-state index is 12.6. The second-order valence-corrected chi connectivity index (χ2v) is 5.39. The topological polar surface area (TPSA) is 66.7 Å². The van der Waals surface area contributed by atoms with Crippen molar-refractivity contribution in [3.05, 3.63) is 17.0 Å². The summed E-state index contributed by atoms with van der Waals surface area (Å²) in [5.41, 5.74) is 1.57. The van der Waals surface area contributed by atoms with E-state index in [-0.39, 0.29) is 24.3 Å². The predicted molar refractivity (Wildman–Crippen MR) is 73.2 cm³/mol. The first kappa shape index (κ1) is 14.6. The molecule has 2 heterocycles. The van der Waals surface area contributed by atoms with Crippen molar-refractivity contribution in [1.29, 1.82) is 0 Å². The fourth-order valence-corrected chi connectivity index (χ4v) is 2.68. The lowest BCUT2D eigenvalue weighted by atomic mass is 9.98. The van der Waals surface area contributed by atoms with Gasteiger partial charge in [0.2, 0.25) is 11.8 Å². The van der Waals surface area contributed by atoms with Crippen molar-refractivity contribution in [2.24, 2.45) is 0 Å². The summed E-state index contributed by atoms with van der Waals surface area (Å²) in [6, 6.07) is 0. The van der Waals surface area contributed by atoms with E-state index in [2.05, 4.69) is 5.16 Å². The van der Waals surface area contributed by atoms with Gasteiger partial charge in [-0.25, -0.2) is 0 Å². The molecule has 2 rings (SSSR count). The third-order valence-corrected chi connectivity index (χ3v) is 3.88. The van der Waals surface area contributed by atoms with Crippen LogP contribution < -0.4 is 0 Å². The molecule has 6 nitrogen and oxygen atoms in total. The van der Waals surface area contributed by atoms with Crippen molar-refractivity contribution in [3.8, 4) is 0 Å². The van der Waals surface area contributed by atoms with Crippen molar-refractivity contribution < 1.29 is 14.1 Å². The average Bonchev–Trinajstić information content (AvgIpc) is 2.64. The SMILES string of the molecule is Cc1noc(C)c1C(C)C(=O)N1CCCN(C)C(=O)C1. The molecular weight excluding hydrogens is 258 g/mol. The molecule has 110 valence electrons. The Hall–Kier alpha value is -1.85. The number of hydrogen-bond acceptors (Lipinski definition) is 4. The van der Waals surface area contributed by atoms with Gasteiger partial charge in [-0.3, -0.25) is 9.59 Å². The Morgan fingerprint density at radius 3 is 2.65 bits per heavy atom. The Bertz CT molecular complexity index is 504. The molecule has 1 aliphatic rings. The Balaban J connectivity index is 2.16. The Morgan fingerprint density at radius 2 is 2.05 bits per heavy atom. The van der Waals surface area contributed by atoms with Crippen LogP contribution in [-0.4, -0.2) is 53.5 Å². The molecule has 0 aliphatic carbocycles. The highest BCUT2D eigenvalue weighted by Crippen LogP contribution is 2.25. The van der Waals surface area contributed by atoms with E-state index in [4.69, 9.17) is 4.52 Å². The zero-order valence-electron chi connectivity index (χ0n) is 12.5. The van der Waals surface area contributed by atoms with Crippen LogP contribution in [0.15, 0.2) is 4.52 Å². The highest BCUT2D eigenvalue weighted by Gasteiger charge is 2.29. The minimum absolute atomic E-state index is 0.0122. The van der Waals surface area contributed by atoms with E-state index in [0.29, 0.717) is 18.8 Å². The quantitative estimate of drug-likeness (QED) is 0.812. The molecule has 1 aliphatic heterocycles. The molecule has 1 unspecified atom stereocenters. The number of likely N-dealkylation sites (N-methyl/N-ethyl adjacent to an activating group) is 1. The molecule has 1 saturated heterocycles. The molecule has 0 spiro atoms. The first-order chi connectivity index (χ1) is 9.41. The van der Waals surface area contributed by atoms with Gasteiger partial charge in [-0.2, -0.15) is 0 Å². The summed E-state index contributed by atoms with van der Waals surface area (Å²) in [6.07, 6.45) is 0.808. The van der Waals surface area contributed by atoms with Crippen LogP contribution in [0, 0.1) is 13.8 Å². The minimum atomic E-state index is -0.336. The number of nitrogens with zero attached hydrogens (tertiary/aromatic N) is 3. The van der Waals surface area contributed by atoms with Gasteiger partial charge in [0.1, 0.15) is 5.76 Å². The van der Waals surface area contributed by atoms with Crippen LogP contribution in [0.2, 0.25) is 0 Å². The lowest BCUT2D eigenvalue weighted by molar-refractivity contribution is -0.138. The van der Waals surface area contributed by atoms with Crippen molar-refractivity contribution >= 4 is 11.8 Å². The second kappa shape index (κ2) is 5.64. The Labute approximate surface area is 118 Å². The molecule has 2 amide bonds. The average molecular weight is 279 g/mol. The maximum atomic E-state index is 12.6. The molecule has 6 heteroatoms. The highest BCUT2D eigenvalue weighted by molar-refractivity contribution is 5.88. The van der Waals surface area contributed by atoms with Gasteiger partial charge in [0.25, 0.3) is 0 Å². The maximum Gasteiger partial charge on any atom is 0.241 e. The molecule has 20 heavy (non-hydrogen) atoms. The van der Waals surface area contributed by atoms with E-state index in [1.807, 2.05) is 13.8 Å². The van der Waals surface area contributed by atoms with Crippen LogP contribution in [0.4, 0.5) is 0 Å². The molecule has 0 aromatic carbocycles. The number of aromatic nitrogens is 1. The summed E-state index contributed by atoms with van der Waals surface area (Å²) in [5.74, 6) is 0.281. The summed E-state index contributed by atoms with van der Waals surface area (Å²) < 4.78 is 5.12. The first-order valence-corrected chi connectivity index (χ1v) is 6.87. The van der Waals surface area contributed by atoms with E-state index in [1.165, 1.54) is 0 Å². The normalized spacial score (nSPS) is 18.1. The second-order valence-electron chi connectivity index (χ2n) is 5.39. The van der Waals surface area contributed by atoms with Crippen LogP contribution >= 0.6 is 0 Å². The molecule has 0 N–H and O–H groups in total. The number of hydrogen-bond donors (Lipinski definition) is 0. The molecule has 0 bridgehead atoms. The van der Waals surface area contributed by atoms with Gasteiger partial charge < -0.3 is 14.3 Å². The zero-order valence-corrected chi connectivity index (χ0v) is 12.5. The van der Waals surface area contributed by atoms with Crippen molar-refractivity contribution in [2.75, 3.05) is 26.7 Å². The van der Waals surface area contributed by atoms with E-state index in [9.17, 15) is 9.59 Å². The van der Waals surface area contributed by atoms with Gasteiger partial charge in [0, 0.05) is 25.7 Å². The number of aryl methyl sites for hydroxylation is 2. The number of rotatable bonds is 2. The van der Waals surface area contributed by atoms with Crippen molar-refractivity contribution in [2.45, 2.75) is 33.1 Å². The molecule has 1 atom stereocenters. The van der Waals surface area contributed by atoms with Gasteiger partial charge in [0.05, 0.1) is 18.2 Å². The van der Waals surface area contributed by atoms with Gasteiger partial charge in [-0.15, -0.1) is 0 Å². The van der Waals surface area contributed by atoms with E-state index >= 15 is 0 Å². The van der Waals surface area contributed by atoms with Crippen LogP contribution in [0.1, 0.15) is 36.3 Å². The van der Waals surface area contributed by atoms with Crippen molar-refractivity contribution in [1.82, 2.24) is 15.0 Å². The van der Waals surface area contributed by atoms with Crippen LogP contribution in [0.5, 0.6) is 0 Å². The Morgan fingerprint density at radius 1 is 1.35 bits per heavy atom. The highest BCUT2D eigenvalue weighted by atomic mass is 16.5. The summed E-state index contributed by atoms with van der Waals surface area (Å²) >= 11 is 0. The standard InChI is InChI=1S/C14H21N3O3/c1-9(13-10(2)15-20-11(13)3)14(19)17-7-5-6-16(4)12(18)8-17/h9H,5-8H2,1-4H3. The lowest BCUT2D eigenvalue weighted by Gasteiger charge is -2.23. The third kappa shape index (κ3) is 2.69. The fourth-order valence-electron chi connectivity index (χ4n) is 2.68. The zero-order chi connectivity index (χ0) is 14.9. The van der Waals surface area contributed by atoms with Gasteiger partial charge >= 0.3 is 0 Å². The summed E-state index contributed by atoms with van der Waals surface area (Å²) in [6.45, 7) is 6.94.